The van der Waals surface area contributed by atoms with Crippen LogP contribution in [0.1, 0.15) is 42.2 Å². The first-order chi connectivity index (χ1) is 11.1. The van der Waals surface area contributed by atoms with Gasteiger partial charge in [-0.15, -0.1) is 0 Å². The zero-order chi connectivity index (χ0) is 16.2. The van der Waals surface area contributed by atoms with Crippen LogP contribution in [0.25, 0.3) is 0 Å². The average Bonchev–Trinajstić information content (AvgIpc) is 2.97. The minimum absolute atomic E-state index is 0.269. The van der Waals surface area contributed by atoms with E-state index in [1.165, 1.54) is 17.7 Å². The number of aliphatic hydroxyl groups excluding tert-OH is 1. The van der Waals surface area contributed by atoms with Crippen LogP contribution in [0.4, 0.5) is 4.39 Å². The maximum atomic E-state index is 13.0. The highest BCUT2D eigenvalue weighted by Gasteiger charge is 2.27. The number of aryl methyl sites for hydroxylation is 1. The molecule has 0 spiro atoms. The molecule has 0 bridgehead atoms. The van der Waals surface area contributed by atoms with Gasteiger partial charge in [-0.25, -0.2) is 4.39 Å². The molecule has 0 amide bonds. The molecule has 2 atom stereocenters. The van der Waals surface area contributed by atoms with Gasteiger partial charge in [0, 0.05) is 18.8 Å². The second-order valence-electron chi connectivity index (χ2n) is 6.34. The van der Waals surface area contributed by atoms with Crippen LogP contribution < -0.4 is 0 Å². The van der Waals surface area contributed by atoms with Crippen molar-refractivity contribution in [2.75, 3.05) is 6.54 Å². The molecule has 4 heteroatoms. The van der Waals surface area contributed by atoms with E-state index in [-0.39, 0.29) is 5.82 Å². The fraction of sp³-hybridized carbons (Fsp3) is 0.421. The lowest BCUT2D eigenvalue weighted by Crippen LogP contribution is -2.31. The maximum Gasteiger partial charge on any atom is 0.123 e. The van der Waals surface area contributed by atoms with Gasteiger partial charge >= 0.3 is 0 Å². The third-order valence-corrected chi connectivity index (χ3v) is 4.72. The number of hydrogen-bond acceptors (Lipinski definition) is 3. The fourth-order valence-corrected chi connectivity index (χ4v) is 3.33. The van der Waals surface area contributed by atoms with E-state index in [4.69, 9.17) is 0 Å². The third-order valence-electron chi connectivity index (χ3n) is 4.72. The first kappa shape index (κ1) is 16.1. The van der Waals surface area contributed by atoms with Crippen LogP contribution in [0.3, 0.4) is 0 Å². The van der Waals surface area contributed by atoms with Crippen molar-refractivity contribution in [1.82, 2.24) is 9.88 Å². The molecule has 1 fully saturated rings. The second-order valence-corrected chi connectivity index (χ2v) is 6.34. The van der Waals surface area contributed by atoms with Crippen LogP contribution >= 0.6 is 0 Å². The van der Waals surface area contributed by atoms with E-state index in [1.54, 1.807) is 12.1 Å². The molecule has 0 radical (unpaired) electrons. The van der Waals surface area contributed by atoms with E-state index in [9.17, 15) is 9.50 Å². The summed E-state index contributed by atoms with van der Waals surface area (Å²) in [6.07, 6.45) is 4.20. The third kappa shape index (κ3) is 3.95. The van der Waals surface area contributed by atoms with Gasteiger partial charge in [-0.05, 0) is 62.1 Å². The highest BCUT2D eigenvalue weighted by atomic mass is 19.1. The van der Waals surface area contributed by atoms with Gasteiger partial charge in [0.15, 0.2) is 0 Å². The zero-order valence-electron chi connectivity index (χ0n) is 13.5. The summed E-state index contributed by atoms with van der Waals surface area (Å²) in [5.41, 5.74) is 3.10. The summed E-state index contributed by atoms with van der Waals surface area (Å²) in [5, 5.41) is 10.4. The number of pyridine rings is 1. The molecule has 1 aliphatic heterocycles. The largest absolute Gasteiger partial charge is 0.388 e. The second kappa shape index (κ2) is 7.20. The Balaban J connectivity index is 1.65. The van der Waals surface area contributed by atoms with Crippen LogP contribution in [0.15, 0.2) is 42.6 Å². The Labute approximate surface area is 136 Å². The van der Waals surface area contributed by atoms with E-state index in [1.807, 2.05) is 12.3 Å². The summed E-state index contributed by atoms with van der Waals surface area (Å²) in [6.45, 7) is 3.95. The van der Waals surface area contributed by atoms with Gasteiger partial charge in [-0.1, -0.05) is 18.2 Å². The molecule has 0 aliphatic carbocycles. The lowest BCUT2D eigenvalue weighted by atomic mass is 10.0. The summed E-state index contributed by atoms with van der Waals surface area (Å²) in [5.74, 6) is -0.269. The number of likely N-dealkylation sites (tertiary alicyclic amines) is 1. The van der Waals surface area contributed by atoms with Gasteiger partial charge in [0.05, 0.1) is 11.8 Å². The molecule has 2 unspecified atom stereocenters. The molecule has 2 heterocycles. The van der Waals surface area contributed by atoms with Crippen molar-refractivity contribution in [2.45, 2.75) is 44.9 Å². The molecular weight excluding hydrogens is 291 g/mol. The topological polar surface area (TPSA) is 36.4 Å². The van der Waals surface area contributed by atoms with Crippen molar-refractivity contribution >= 4 is 0 Å². The van der Waals surface area contributed by atoms with Crippen LogP contribution in [-0.4, -0.2) is 27.6 Å². The fourth-order valence-electron chi connectivity index (χ4n) is 3.33. The Morgan fingerprint density at radius 2 is 2.09 bits per heavy atom. The zero-order valence-corrected chi connectivity index (χ0v) is 13.5. The average molecular weight is 314 g/mol. The van der Waals surface area contributed by atoms with Crippen LogP contribution in [0.2, 0.25) is 0 Å². The van der Waals surface area contributed by atoms with Crippen LogP contribution in [0, 0.1) is 12.7 Å². The van der Waals surface area contributed by atoms with Gasteiger partial charge in [-0.3, -0.25) is 9.88 Å². The number of halogens is 1. The Hall–Kier alpha value is -1.78. The number of rotatable bonds is 5. The smallest absolute Gasteiger partial charge is 0.123 e. The molecule has 1 aliphatic rings. The van der Waals surface area contributed by atoms with Crippen molar-refractivity contribution in [2.24, 2.45) is 0 Å². The number of nitrogens with zero attached hydrogens (tertiary/aromatic N) is 2. The first-order valence-corrected chi connectivity index (χ1v) is 8.21. The van der Waals surface area contributed by atoms with E-state index in [0.29, 0.717) is 12.5 Å². The molecular formula is C19H23FN2O. The van der Waals surface area contributed by atoms with E-state index < -0.39 is 6.10 Å². The van der Waals surface area contributed by atoms with Gasteiger partial charge in [-0.2, -0.15) is 0 Å². The Kier molecular flexibility index (Phi) is 5.03. The lowest BCUT2D eigenvalue weighted by molar-refractivity contribution is 0.117. The molecule has 1 aromatic heterocycles. The van der Waals surface area contributed by atoms with Crippen LogP contribution in [-0.2, 0) is 6.54 Å². The van der Waals surface area contributed by atoms with Crippen molar-refractivity contribution in [1.29, 1.82) is 0 Å². The molecule has 23 heavy (non-hydrogen) atoms. The molecule has 1 N–H and O–H groups in total. The Morgan fingerprint density at radius 1 is 1.30 bits per heavy atom. The summed E-state index contributed by atoms with van der Waals surface area (Å²) in [6, 6.07) is 10.5. The Bertz CT molecular complexity index is 644. The monoisotopic (exact) mass is 314 g/mol. The van der Waals surface area contributed by atoms with E-state index in [0.717, 1.165) is 37.2 Å². The van der Waals surface area contributed by atoms with Gasteiger partial charge in [0.2, 0.25) is 0 Å². The normalized spacial score (nSPS) is 19.9. The number of aliphatic hydroxyl groups is 1. The summed E-state index contributed by atoms with van der Waals surface area (Å²) in [7, 11) is 0. The molecule has 1 saturated heterocycles. The summed E-state index contributed by atoms with van der Waals surface area (Å²) < 4.78 is 13.0. The number of benzene rings is 1. The minimum Gasteiger partial charge on any atom is -0.388 e. The SMILES string of the molecule is Cc1cccnc1CN1CCCC1CC(O)c1ccc(F)cc1. The van der Waals surface area contributed by atoms with Crippen molar-refractivity contribution < 1.29 is 9.50 Å². The quantitative estimate of drug-likeness (QED) is 0.916. The highest BCUT2D eigenvalue weighted by molar-refractivity contribution is 5.19. The molecule has 1 aromatic carbocycles. The van der Waals surface area contributed by atoms with Crippen LogP contribution in [0.5, 0.6) is 0 Å². The molecule has 122 valence electrons. The summed E-state index contributed by atoms with van der Waals surface area (Å²) >= 11 is 0. The minimum atomic E-state index is -0.550. The molecule has 3 nitrogen and oxygen atoms in total. The van der Waals surface area contributed by atoms with E-state index in [2.05, 4.69) is 22.9 Å². The lowest BCUT2D eigenvalue weighted by Gasteiger charge is -2.26. The van der Waals surface area contributed by atoms with Crippen molar-refractivity contribution in [3.05, 3.63) is 65.2 Å². The Morgan fingerprint density at radius 3 is 2.83 bits per heavy atom. The van der Waals surface area contributed by atoms with Gasteiger partial charge in [0.25, 0.3) is 0 Å². The highest BCUT2D eigenvalue weighted by Crippen LogP contribution is 2.28. The maximum absolute atomic E-state index is 13.0. The number of hydrogen-bond donors (Lipinski definition) is 1. The van der Waals surface area contributed by atoms with Gasteiger partial charge < -0.3 is 5.11 Å². The predicted molar refractivity (Wildman–Crippen MR) is 88.4 cm³/mol. The first-order valence-electron chi connectivity index (χ1n) is 8.21. The van der Waals surface area contributed by atoms with Crippen molar-refractivity contribution in [3.8, 4) is 0 Å². The predicted octanol–water partition coefficient (Wildman–Crippen LogP) is 3.62. The molecule has 2 aromatic rings. The number of aromatic nitrogens is 1. The van der Waals surface area contributed by atoms with E-state index >= 15 is 0 Å². The van der Waals surface area contributed by atoms with Gasteiger partial charge in [0.1, 0.15) is 5.82 Å². The van der Waals surface area contributed by atoms with Crippen molar-refractivity contribution in [3.63, 3.8) is 0 Å². The summed E-state index contributed by atoms with van der Waals surface area (Å²) in [4.78, 5) is 6.88. The standard InChI is InChI=1S/C19H23FN2O/c1-14-4-2-10-21-18(14)13-22-11-3-5-17(22)12-19(23)15-6-8-16(20)9-7-15/h2,4,6-10,17,19,23H,3,5,11-13H2,1H3. The molecule has 0 saturated carbocycles. The molecule has 3 rings (SSSR count).